The maximum absolute atomic E-state index is 6.23. The third-order valence-electron chi connectivity index (χ3n) is 3.29. The molecule has 0 fully saturated rings. The molecule has 0 bridgehead atoms. The van der Waals surface area contributed by atoms with Gasteiger partial charge in [0, 0.05) is 13.0 Å². The Morgan fingerprint density at radius 1 is 1.32 bits per heavy atom. The number of ether oxygens (including phenoxy) is 1. The number of rotatable bonds is 5. The van der Waals surface area contributed by atoms with Gasteiger partial charge in [-0.05, 0) is 12.5 Å². The monoisotopic (exact) mass is 259 g/mol. The highest BCUT2D eigenvalue weighted by atomic mass is 16.5. The van der Waals surface area contributed by atoms with E-state index in [1.54, 1.807) is 7.11 Å². The summed E-state index contributed by atoms with van der Waals surface area (Å²) in [6.07, 6.45) is 0. The number of nitrogens with two attached hydrogens (primary N) is 1. The zero-order valence-electron chi connectivity index (χ0n) is 11.8. The van der Waals surface area contributed by atoms with Gasteiger partial charge < -0.3 is 15.0 Å². The Bertz CT molecular complexity index is 534. The molecule has 102 valence electrons. The van der Waals surface area contributed by atoms with Crippen molar-refractivity contribution in [2.45, 2.75) is 26.3 Å². The van der Waals surface area contributed by atoms with Crippen LogP contribution in [0.3, 0.4) is 0 Å². The van der Waals surface area contributed by atoms with Gasteiger partial charge in [0.05, 0.1) is 18.8 Å². The SMILES string of the molecule is COCC(C)c1nc(C)n(Cc2ccccc2)c1N. The largest absolute Gasteiger partial charge is 0.384 e. The van der Waals surface area contributed by atoms with E-state index in [1.807, 2.05) is 25.1 Å². The van der Waals surface area contributed by atoms with Crippen molar-refractivity contribution in [1.29, 1.82) is 0 Å². The van der Waals surface area contributed by atoms with Gasteiger partial charge in [0.15, 0.2) is 0 Å². The van der Waals surface area contributed by atoms with Crippen molar-refractivity contribution in [1.82, 2.24) is 9.55 Å². The lowest BCUT2D eigenvalue weighted by Crippen LogP contribution is -2.09. The zero-order valence-corrected chi connectivity index (χ0v) is 11.8. The number of nitrogens with zero attached hydrogens (tertiary/aromatic N) is 2. The number of hydrogen-bond acceptors (Lipinski definition) is 3. The minimum absolute atomic E-state index is 0.209. The van der Waals surface area contributed by atoms with E-state index in [2.05, 4.69) is 28.6 Å². The molecule has 0 aliphatic rings. The first-order chi connectivity index (χ1) is 9.13. The topological polar surface area (TPSA) is 53.1 Å². The van der Waals surface area contributed by atoms with E-state index in [4.69, 9.17) is 10.5 Å². The van der Waals surface area contributed by atoms with Crippen LogP contribution in [-0.4, -0.2) is 23.3 Å². The highest BCUT2D eigenvalue weighted by Gasteiger charge is 2.17. The minimum Gasteiger partial charge on any atom is -0.384 e. The first kappa shape index (κ1) is 13.6. The van der Waals surface area contributed by atoms with Gasteiger partial charge >= 0.3 is 0 Å². The summed E-state index contributed by atoms with van der Waals surface area (Å²) in [6, 6.07) is 10.3. The summed E-state index contributed by atoms with van der Waals surface area (Å²) in [4.78, 5) is 4.58. The molecule has 0 aliphatic heterocycles. The van der Waals surface area contributed by atoms with Crippen LogP contribution in [0.5, 0.6) is 0 Å². The van der Waals surface area contributed by atoms with Crippen LogP contribution in [0.2, 0.25) is 0 Å². The zero-order chi connectivity index (χ0) is 13.8. The third kappa shape index (κ3) is 2.96. The molecule has 1 aromatic heterocycles. The normalized spacial score (nSPS) is 12.6. The van der Waals surface area contributed by atoms with E-state index >= 15 is 0 Å². The third-order valence-corrected chi connectivity index (χ3v) is 3.29. The number of aromatic nitrogens is 2. The Kier molecular flexibility index (Phi) is 4.22. The molecule has 2 aromatic rings. The second-order valence-corrected chi connectivity index (χ2v) is 4.86. The number of benzene rings is 1. The molecule has 0 saturated carbocycles. The maximum atomic E-state index is 6.23. The first-order valence-corrected chi connectivity index (χ1v) is 6.48. The predicted molar refractivity (Wildman–Crippen MR) is 77.2 cm³/mol. The predicted octanol–water partition coefficient (Wildman–Crippen LogP) is 2.57. The van der Waals surface area contributed by atoms with E-state index in [1.165, 1.54) is 5.56 Å². The van der Waals surface area contributed by atoms with Crippen LogP contribution in [0.15, 0.2) is 30.3 Å². The molecule has 1 aromatic carbocycles. The highest BCUT2D eigenvalue weighted by Crippen LogP contribution is 2.23. The smallest absolute Gasteiger partial charge is 0.127 e. The Hall–Kier alpha value is -1.81. The van der Waals surface area contributed by atoms with Crippen LogP contribution >= 0.6 is 0 Å². The van der Waals surface area contributed by atoms with Gasteiger partial charge in [-0.3, -0.25) is 0 Å². The molecule has 19 heavy (non-hydrogen) atoms. The van der Waals surface area contributed by atoms with Crippen molar-refractivity contribution in [2.75, 3.05) is 19.5 Å². The molecule has 4 nitrogen and oxygen atoms in total. The van der Waals surface area contributed by atoms with Gasteiger partial charge in [-0.15, -0.1) is 0 Å². The first-order valence-electron chi connectivity index (χ1n) is 6.48. The van der Waals surface area contributed by atoms with Crippen molar-refractivity contribution in [3.63, 3.8) is 0 Å². The molecule has 2 rings (SSSR count). The van der Waals surface area contributed by atoms with Gasteiger partial charge in [-0.1, -0.05) is 37.3 Å². The Labute approximate surface area is 114 Å². The number of anilines is 1. The molecule has 0 saturated heterocycles. The van der Waals surface area contributed by atoms with Crippen LogP contribution in [-0.2, 0) is 11.3 Å². The van der Waals surface area contributed by atoms with Crippen molar-refractivity contribution < 1.29 is 4.74 Å². The highest BCUT2D eigenvalue weighted by molar-refractivity contribution is 5.41. The average Bonchev–Trinajstić information content (AvgIpc) is 2.68. The van der Waals surface area contributed by atoms with Crippen LogP contribution < -0.4 is 5.73 Å². The summed E-state index contributed by atoms with van der Waals surface area (Å²) in [5, 5.41) is 0. The van der Waals surface area contributed by atoms with Crippen LogP contribution in [0.4, 0.5) is 5.82 Å². The van der Waals surface area contributed by atoms with Crippen LogP contribution in [0, 0.1) is 6.92 Å². The summed E-state index contributed by atoms with van der Waals surface area (Å²) < 4.78 is 7.23. The summed E-state index contributed by atoms with van der Waals surface area (Å²) in [5.41, 5.74) is 8.38. The lowest BCUT2D eigenvalue weighted by molar-refractivity contribution is 0.183. The summed E-state index contributed by atoms with van der Waals surface area (Å²) in [6.45, 7) is 5.45. The minimum atomic E-state index is 0.209. The molecule has 4 heteroatoms. The molecule has 0 amide bonds. The van der Waals surface area contributed by atoms with Crippen LogP contribution in [0.1, 0.15) is 29.9 Å². The van der Waals surface area contributed by atoms with Crippen molar-refractivity contribution in [2.24, 2.45) is 0 Å². The fourth-order valence-electron chi connectivity index (χ4n) is 2.26. The van der Waals surface area contributed by atoms with E-state index < -0.39 is 0 Å². The van der Waals surface area contributed by atoms with Crippen molar-refractivity contribution in [3.8, 4) is 0 Å². The molecule has 0 spiro atoms. The standard InChI is InChI=1S/C15H21N3O/c1-11(10-19-3)14-15(16)18(12(2)17-14)9-13-7-5-4-6-8-13/h4-8,11H,9-10,16H2,1-3H3. The Balaban J connectivity index is 2.27. The Morgan fingerprint density at radius 3 is 2.63 bits per heavy atom. The van der Waals surface area contributed by atoms with Gasteiger partial charge in [-0.2, -0.15) is 0 Å². The van der Waals surface area contributed by atoms with Crippen molar-refractivity contribution in [3.05, 3.63) is 47.4 Å². The van der Waals surface area contributed by atoms with Gasteiger partial charge in [0.25, 0.3) is 0 Å². The maximum Gasteiger partial charge on any atom is 0.127 e. The number of nitrogen functional groups attached to an aromatic ring is 1. The summed E-state index contributed by atoms with van der Waals surface area (Å²) >= 11 is 0. The van der Waals surface area contributed by atoms with E-state index in [0.717, 1.165) is 23.9 Å². The second kappa shape index (κ2) is 5.89. The van der Waals surface area contributed by atoms with E-state index in [9.17, 15) is 0 Å². The second-order valence-electron chi connectivity index (χ2n) is 4.86. The molecule has 1 heterocycles. The molecule has 2 N–H and O–H groups in total. The number of aryl methyl sites for hydroxylation is 1. The van der Waals surface area contributed by atoms with E-state index in [0.29, 0.717) is 6.61 Å². The number of hydrogen-bond donors (Lipinski definition) is 1. The average molecular weight is 259 g/mol. The lowest BCUT2D eigenvalue weighted by atomic mass is 10.1. The van der Waals surface area contributed by atoms with E-state index in [-0.39, 0.29) is 5.92 Å². The molecular weight excluding hydrogens is 238 g/mol. The summed E-state index contributed by atoms with van der Waals surface area (Å²) in [7, 11) is 1.69. The van der Waals surface area contributed by atoms with Gasteiger partial charge in [0.2, 0.25) is 0 Å². The molecule has 0 radical (unpaired) electrons. The quantitative estimate of drug-likeness (QED) is 0.898. The van der Waals surface area contributed by atoms with Crippen molar-refractivity contribution >= 4 is 5.82 Å². The molecule has 1 unspecified atom stereocenters. The van der Waals surface area contributed by atoms with Crippen LogP contribution in [0.25, 0.3) is 0 Å². The lowest BCUT2D eigenvalue weighted by Gasteiger charge is -2.10. The fourth-order valence-corrected chi connectivity index (χ4v) is 2.26. The number of imidazole rings is 1. The fraction of sp³-hybridized carbons (Fsp3) is 0.400. The molecule has 1 atom stereocenters. The number of methoxy groups -OCH3 is 1. The summed E-state index contributed by atoms with van der Waals surface area (Å²) in [5.74, 6) is 1.89. The van der Waals surface area contributed by atoms with Gasteiger partial charge in [0.1, 0.15) is 11.6 Å². The Morgan fingerprint density at radius 2 is 2.00 bits per heavy atom. The molecular formula is C15H21N3O. The van der Waals surface area contributed by atoms with Gasteiger partial charge in [-0.25, -0.2) is 4.98 Å². The molecule has 0 aliphatic carbocycles.